The van der Waals surface area contributed by atoms with Gasteiger partial charge in [0.1, 0.15) is 0 Å². The van der Waals surface area contributed by atoms with E-state index in [0.29, 0.717) is 24.8 Å². The van der Waals surface area contributed by atoms with Crippen molar-refractivity contribution < 1.29 is 30.0 Å². The molecular weight excluding hydrogens is 372 g/mol. The van der Waals surface area contributed by atoms with E-state index in [4.69, 9.17) is 10.2 Å². The van der Waals surface area contributed by atoms with Gasteiger partial charge in [0.2, 0.25) is 0 Å². The number of carbonyl (C=O) groups is 2. The number of benzene rings is 2. The van der Waals surface area contributed by atoms with Crippen LogP contribution in [0.3, 0.4) is 0 Å². The fraction of sp³-hybridized carbons (Fsp3) is 0.391. The maximum atomic E-state index is 11.1. The van der Waals surface area contributed by atoms with Crippen molar-refractivity contribution in [3.05, 3.63) is 71.3 Å². The molecule has 2 aromatic carbocycles. The molecule has 3 unspecified atom stereocenters. The fourth-order valence-corrected chi connectivity index (χ4v) is 2.91. The zero-order valence-corrected chi connectivity index (χ0v) is 16.9. The summed E-state index contributed by atoms with van der Waals surface area (Å²) in [5.41, 5.74) is 1.33. The molecule has 0 saturated heterocycles. The average Bonchev–Trinajstić information content (AvgIpc) is 2.72. The lowest BCUT2D eigenvalue weighted by Crippen LogP contribution is -2.29. The molecule has 0 aliphatic heterocycles. The van der Waals surface area contributed by atoms with Crippen LogP contribution in [-0.4, -0.2) is 44.6 Å². The normalized spacial score (nSPS) is 13.5. The van der Waals surface area contributed by atoms with Gasteiger partial charge in [0.25, 0.3) is 0 Å². The van der Waals surface area contributed by atoms with E-state index in [1.165, 1.54) is 0 Å². The summed E-state index contributed by atoms with van der Waals surface area (Å²) in [5.74, 6) is -2.03. The third-order valence-electron chi connectivity index (χ3n) is 4.78. The van der Waals surface area contributed by atoms with E-state index in [1.807, 2.05) is 13.8 Å². The number of aliphatic hydroxyl groups excluding tert-OH is 2. The lowest BCUT2D eigenvalue weighted by atomic mass is 9.90. The molecule has 2 rings (SSSR count). The summed E-state index contributed by atoms with van der Waals surface area (Å²) in [7, 11) is 0. The van der Waals surface area contributed by atoms with Gasteiger partial charge in [0.15, 0.2) is 0 Å². The standard InChI is InChI=1S/C16H24O4.C7H6O2/c1-3-6-14(17)11(2)15(18)10-9-12-7-4-5-8-13(12)16(19)20;8-7(9)6-4-2-1-3-5-6/h4-5,7-8,11,14-15,17-18H,3,6,9-10H2,1-2H3,(H,19,20);1-5H,(H,8,9). The summed E-state index contributed by atoms with van der Waals surface area (Å²) in [6, 6.07) is 15.1. The summed E-state index contributed by atoms with van der Waals surface area (Å²) in [6.07, 6.45) is 1.35. The molecule has 0 spiro atoms. The maximum absolute atomic E-state index is 11.1. The summed E-state index contributed by atoms with van der Waals surface area (Å²) in [5, 5.41) is 37.5. The molecule has 158 valence electrons. The minimum atomic E-state index is -0.950. The van der Waals surface area contributed by atoms with Crippen LogP contribution in [0.5, 0.6) is 0 Å². The van der Waals surface area contributed by atoms with E-state index >= 15 is 0 Å². The molecule has 0 fully saturated rings. The monoisotopic (exact) mass is 402 g/mol. The van der Waals surface area contributed by atoms with Crippen LogP contribution >= 0.6 is 0 Å². The van der Waals surface area contributed by atoms with E-state index in [0.717, 1.165) is 12.0 Å². The Morgan fingerprint density at radius 1 is 0.828 bits per heavy atom. The lowest BCUT2D eigenvalue weighted by molar-refractivity contribution is 0.0136. The van der Waals surface area contributed by atoms with Gasteiger partial charge in [0.05, 0.1) is 23.3 Å². The molecule has 0 bridgehead atoms. The average molecular weight is 402 g/mol. The smallest absolute Gasteiger partial charge is 0.335 e. The molecule has 3 atom stereocenters. The largest absolute Gasteiger partial charge is 0.478 e. The highest BCUT2D eigenvalue weighted by Gasteiger charge is 2.22. The van der Waals surface area contributed by atoms with Gasteiger partial charge in [0, 0.05) is 5.92 Å². The highest BCUT2D eigenvalue weighted by molar-refractivity contribution is 5.89. The molecule has 4 N–H and O–H groups in total. The number of aryl methyl sites for hydroxylation is 1. The van der Waals surface area contributed by atoms with Crippen LogP contribution in [0.1, 0.15) is 59.4 Å². The molecule has 0 saturated carbocycles. The number of hydrogen-bond acceptors (Lipinski definition) is 4. The SMILES string of the molecule is CCCC(O)C(C)C(O)CCc1ccccc1C(=O)O.O=C(O)c1ccccc1. The first kappa shape index (κ1) is 24.3. The Balaban J connectivity index is 0.000000387. The van der Waals surface area contributed by atoms with E-state index in [-0.39, 0.29) is 11.5 Å². The molecule has 2 aromatic rings. The van der Waals surface area contributed by atoms with Crippen molar-refractivity contribution in [2.45, 2.75) is 51.7 Å². The van der Waals surface area contributed by atoms with Crippen molar-refractivity contribution in [1.82, 2.24) is 0 Å². The summed E-state index contributed by atoms with van der Waals surface area (Å²) in [6.45, 7) is 3.82. The van der Waals surface area contributed by atoms with Gasteiger partial charge in [-0.2, -0.15) is 0 Å². The third-order valence-corrected chi connectivity index (χ3v) is 4.78. The lowest BCUT2D eigenvalue weighted by Gasteiger charge is -2.24. The zero-order valence-electron chi connectivity index (χ0n) is 16.9. The van der Waals surface area contributed by atoms with Crippen LogP contribution in [0.4, 0.5) is 0 Å². The van der Waals surface area contributed by atoms with Crippen LogP contribution in [0.2, 0.25) is 0 Å². The topological polar surface area (TPSA) is 115 Å². The van der Waals surface area contributed by atoms with Crippen molar-refractivity contribution >= 4 is 11.9 Å². The van der Waals surface area contributed by atoms with Crippen LogP contribution < -0.4 is 0 Å². The van der Waals surface area contributed by atoms with Crippen LogP contribution in [-0.2, 0) is 6.42 Å². The Kier molecular flexibility index (Phi) is 10.7. The van der Waals surface area contributed by atoms with Crippen molar-refractivity contribution in [2.24, 2.45) is 5.92 Å². The molecule has 6 nitrogen and oxygen atoms in total. The molecule has 0 amide bonds. The Morgan fingerprint density at radius 3 is 1.90 bits per heavy atom. The number of carboxylic acid groups (broad SMARTS) is 2. The Bertz CT molecular complexity index is 759. The number of carboxylic acids is 2. The molecule has 0 aliphatic carbocycles. The van der Waals surface area contributed by atoms with Crippen LogP contribution in [0.15, 0.2) is 54.6 Å². The summed E-state index contributed by atoms with van der Waals surface area (Å²) >= 11 is 0. The van der Waals surface area contributed by atoms with Gasteiger partial charge in [-0.3, -0.25) is 0 Å². The third kappa shape index (κ3) is 8.46. The van der Waals surface area contributed by atoms with Gasteiger partial charge in [-0.15, -0.1) is 0 Å². The van der Waals surface area contributed by atoms with Crippen molar-refractivity contribution in [3.8, 4) is 0 Å². The Morgan fingerprint density at radius 2 is 1.38 bits per heavy atom. The second-order valence-corrected chi connectivity index (χ2v) is 6.95. The van der Waals surface area contributed by atoms with Crippen molar-refractivity contribution in [1.29, 1.82) is 0 Å². The molecular formula is C23H30O6. The minimum absolute atomic E-state index is 0.202. The van der Waals surface area contributed by atoms with E-state index < -0.39 is 24.1 Å². The predicted molar refractivity (Wildman–Crippen MR) is 111 cm³/mol. The molecule has 0 heterocycles. The second kappa shape index (κ2) is 12.7. The summed E-state index contributed by atoms with van der Waals surface area (Å²) < 4.78 is 0. The van der Waals surface area contributed by atoms with E-state index in [9.17, 15) is 19.8 Å². The fourth-order valence-electron chi connectivity index (χ4n) is 2.91. The van der Waals surface area contributed by atoms with Gasteiger partial charge >= 0.3 is 11.9 Å². The second-order valence-electron chi connectivity index (χ2n) is 6.95. The van der Waals surface area contributed by atoms with Crippen molar-refractivity contribution in [3.63, 3.8) is 0 Å². The van der Waals surface area contributed by atoms with Gasteiger partial charge in [-0.25, -0.2) is 9.59 Å². The molecule has 0 aromatic heterocycles. The van der Waals surface area contributed by atoms with E-state index in [1.54, 1.807) is 54.6 Å². The summed E-state index contributed by atoms with van der Waals surface area (Å²) in [4.78, 5) is 21.3. The number of aromatic carboxylic acids is 2. The number of hydrogen-bond donors (Lipinski definition) is 4. The maximum Gasteiger partial charge on any atom is 0.335 e. The molecule has 29 heavy (non-hydrogen) atoms. The minimum Gasteiger partial charge on any atom is -0.478 e. The first-order chi connectivity index (χ1) is 13.8. The van der Waals surface area contributed by atoms with Crippen LogP contribution in [0, 0.1) is 5.92 Å². The van der Waals surface area contributed by atoms with Gasteiger partial charge in [-0.1, -0.05) is 56.7 Å². The van der Waals surface area contributed by atoms with Crippen LogP contribution in [0.25, 0.3) is 0 Å². The Labute approximate surface area is 171 Å². The quantitative estimate of drug-likeness (QED) is 0.506. The highest BCUT2D eigenvalue weighted by atomic mass is 16.4. The zero-order chi connectivity index (χ0) is 21.8. The molecule has 0 aliphatic rings. The van der Waals surface area contributed by atoms with Gasteiger partial charge < -0.3 is 20.4 Å². The first-order valence-corrected chi connectivity index (χ1v) is 9.73. The van der Waals surface area contributed by atoms with E-state index in [2.05, 4.69) is 0 Å². The molecule has 6 heteroatoms. The van der Waals surface area contributed by atoms with Crippen molar-refractivity contribution in [2.75, 3.05) is 0 Å². The Hall–Kier alpha value is -2.70. The number of aliphatic hydroxyl groups is 2. The molecule has 0 radical (unpaired) electrons. The first-order valence-electron chi connectivity index (χ1n) is 9.73. The highest BCUT2D eigenvalue weighted by Crippen LogP contribution is 2.19. The number of rotatable bonds is 9. The van der Waals surface area contributed by atoms with Gasteiger partial charge in [-0.05, 0) is 43.0 Å². The predicted octanol–water partition coefficient (Wildman–Crippen LogP) is 3.86.